The molecule has 116 valence electrons. The molecule has 2 N–H and O–H groups in total. The van der Waals surface area contributed by atoms with Crippen molar-refractivity contribution in [3.05, 3.63) is 18.5 Å². The molecule has 0 amide bonds. The Bertz CT molecular complexity index is 665. The van der Waals surface area contributed by atoms with Gasteiger partial charge in [-0.15, -0.1) is 0 Å². The lowest BCUT2D eigenvalue weighted by molar-refractivity contribution is -0.156. The van der Waals surface area contributed by atoms with Crippen LogP contribution in [0.15, 0.2) is 23.4 Å². The van der Waals surface area contributed by atoms with Gasteiger partial charge >= 0.3 is 11.9 Å². The quantitative estimate of drug-likeness (QED) is 0.796. The molecule has 0 aromatic carbocycles. The second-order valence-electron chi connectivity index (χ2n) is 5.05. The molecule has 0 saturated carbocycles. The van der Waals surface area contributed by atoms with Gasteiger partial charge < -0.3 is 14.8 Å². The first kappa shape index (κ1) is 15.5. The van der Waals surface area contributed by atoms with Crippen LogP contribution in [0.2, 0.25) is 0 Å². The van der Waals surface area contributed by atoms with E-state index in [0.717, 1.165) is 4.31 Å². The molecule has 0 bridgehead atoms. The van der Waals surface area contributed by atoms with E-state index in [1.54, 1.807) is 17.8 Å². The van der Waals surface area contributed by atoms with Crippen molar-refractivity contribution in [2.24, 2.45) is 18.9 Å². The van der Waals surface area contributed by atoms with Crippen molar-refractivity contribution < 1.29 is 28.2 Å². The summed E-state index contributed by atoms with van der Waals surface area (Å²) in [5, 5.41) is 18.2. The highest BCUT2D eigenvalue weighted by Gasteiger charge is 2.42. The highest BCUT2D eigenvalue weighted by atomic mass is 32.2. The normalized spacial score (nSPS) is 23.9. The second kappa shape index (κ2) is 5.49. The lowest BCUT2D eigenvalue weighted by Gasteiger charge is -2.33. The van der Waals surface area contributed by atoms with Crippen LogP contribution in [0.3, 0.4) is 0 Å². The molecular formula is C12H16N2O6S. The van der Waals surface area contributed by atoms with Crippen LogP contribution in [0.4, 0.5) is 0 Å². The zero-order valence-electron chi connectivity index (χ0n) is 11.3. The zero-order chi connectivity index (χ0) is 15.8. The first-order chi connectivity index (χ1) is 9.73. The minimum Gasteiger partial charge on any atom is -0.481 e. The van der Waals surface area contributed by atoms with Crippen molar-refractivity contribution in [1.82, 2.24) is 8.87 Å². The van der Waals surface area contributed by atoms with Gasteiger partial charge in [-0.2, -0.15) is 4.31 Å². The Morgan fingerprint density at radius 3 is 2.33 bits per heavy atom. The van der Waals surface area contributed by atoms with Crippen molar-refractivity contribution in [2.45, 2.75) is 11.3 Å². The molecule has 1 aromatic heterocycles. The SMILES string of the molecule is Cn1ccc(S(=O)(=O)N2CCC(C(=O)O)C(C(=O)O)C2)c1. The molecule has 1 aliphatic rings. The van der Waals surface area contributed by atoms with Crippen molar-refractivity contribution in [3.8, 4) is 0 Å². The van der Waals surface area contributed by atoms with Crippen LogP contribution in [0.25, 0.3) is 0 Å². The molecule has 21 heavy (non-hydrogen) atoms. The van der Waals surface area contributed by atoms with E-state index in [4.69, 9.17) is 10.2 Å². The van der Waals surface area contributed by atoms with Crippen molar-refractivity contribution in [1.29, 1.82) is 0 Å². The smallest absolute Gasteiger partial charge is 0.308 e. The van der Waals surface area contributed by atoms with Gasteiger partial charge in [0.05, 0.1) is 16.7 Å². The van der Waals surface area contributed by atoms with Crippen LogP contribution in [-0.4, -0.2) is 52.5 Å². The van der Waals surface area contributed by atoms with E-state index in [1.807, 2.05) is 0 Å². The number of hydrogen-bond donors (Lipinski definition) is 2. The summed E-state index contributed by atoms with van der Waals surface area (Å²) in [6.07, 6.45) is 2.98. The maximum Gasteiger partial charge on any atom is 0.308 e. The fraction of sp³-hybridized carbons (Fsp3) is 0.500. The molecule has 9 heteroatoms. The number of nitrogens with zero attached hydrogens (tertiary/aromatic N) is 2. The predicted molar refractivity (Wildman–Crippen MR) is 71.0 cm³/mol. The number of carboxylic acid groups (broad SMARTS) is 2. The Kier molecular flexibility index (Phi) is 4.06. The van der Waals surface area contributed by atoms with E-state index in [1.165, 1.54) is 12.3 Å². The number of hydrogen-bond acceptors (Lipinski definition) is 4. The van der Waals surface area contributed by atoms with Gasteiger partial charge in [-0.05, 0) is 12.5 Å². The van der Waals surface area contributed by atoms with Gasteiger partial charge in [-0.1, -0.05) is 0 Å². The molecule has 2 unspecified atom stereocenters. The number of piperidine rings is 1. The second-order valence-corrected chi connectivity index (χ2v) is 6.99. The van der Waals surface area contributed by atoms with E-state index in [-0.39, 0.29) is 24.4 Å². The van der Waals surface area contributed by atoms with E-state index in [0.29, 0.717) is 0 Å². The van der Waals surface area contributed by atoms with Crippen molar-refractivity contribution in [2.75, 3.05) is 13.1 Å². The summed E-state index contributed by atoms with van der Waals surface area (Å²) in [7, 11) is -2.12. The number of rotatable bonds is 4. The van der Waals surface area contributed by atoms with E-state index >= 15 is 0 Å². The van der Waals surface area contributed by atoms with E-state index < -0.39 is 33.8 Å². The largest absolute Gasteiger partial charge is 0.481 e. The molecule has 2 heterocycles. The average molecular weight is 316 g/mol. The van der Waals surface area contributed by atoms with Gasteiger partial charge in [0.1, 0.15) is 0 Å². The molecule has 0 aliphatic carbocycles. The number of carbonyl (C=O) groups is 2. The van der Waals surface area contributed by atoms with Gasteiger partial charge in [-0.3, -0.25) is 9.59 Å². The van der Waals surface area contributed by atoms with Crippen LogP contribution in [0.5, 0.6) is 0 Å². The fourth-order valence-corrected chi connectivity index (χ4v) is 4.00. The van der Waals surface area contributed by atoms with Gasteiger partial charge in [0.15, 0.2) is 0 Å². The minimum absolute atomic E-state index is 0.00201. The highest BCUT2D eigenvalue weighted by molar-refractivity contribution is 7.89. The zero-order valence-corrected chi connectivity index (χ0v) is 12.2. The summed E-state index contributed by atoms with van der Waals surface area (Å²) < 4.78 is 27.5. The maximum atomic E-state index is 12.4. The molecule has 2 atom stereocenters. The Hall–Kier alpha value is -1.87. The molecule has 1 aliphatic heterocycles. The third-order valence-electron chi connectivity index (χ3n) is 3.65. The lowest BCUT2D eigenvalue weighted by Crippen LogP contribution is -2.48. The van der Waals surface area contributed by atoms with Crippen LogP contribution >= 0.6 is 0 Å². The molecule has 0 radical (unpaired) electrons. The Balaban J connectivity index is 2.27. The van der Waals surface area contributed by atoms with Gasteiger partial charge in [0, 0.05) is 32.5 Å². The van der Waals surface area contributed by atoms with Crippen molar-refractivity contribution >= 4 is 22.0 Å². The van der Waals surface area contributed by atoms with Crippen LogP contribution < -0.4 is 0 Å². The molecular weight excluding hydrogens is 300 g/mol. The maximum absolute atomic E-state index is 12.4. The van der Waals surface area contributed by atoms with E-state index in [2.05, 4.69) is 0 Å². The molecule has 1 saturated heterocycles. The monoisotopic (exact) mass is 316 g/mol. The van der Waals surface area contributed by atoms with Gasteiger partial charge in [-0.25, -0.2) is 8.42 Å². The molecule has 0 spiro atoms. The highest BCUT2D eigenvalue weighted by Crippen LogP contribution is 2.28. The summed E-state index contributed by atoms with van der Waals surface area (Å²) in [6.45, 7) is -0.332. The topological polar surface area (TPSA) is 117 Å². The third-order valence-corrected chi connectivity index (χ3v) is 5.50. The lowest BCUT2D eigenvalue weighted by atomic mass is 9.86. The predicted octanol–water partition coefficient (Wildman–Crippen LogP) is -0.179. The summed E-state index contributed by atoms with van der Waals surface area (Å²) in [4.78, 5) is 22.3. The molecule has 1 fully saturated rings. The number of aromatic nitrogens is 1. The van der Waals surface area contributed by atoms with Crippen molar-refractivity contribution in [3.63, 3.8) is 0 Å². The first-order valence-corrected chi connectivity index (χ1v) is 7.75. The van der Waals surface area contributed by atoms with E-state index in [9.17, 15) is 18.0 Å². The standard InChI is InChI=1S/C12H16N2O6S/c1-13-4-2-8(6-13)21(19,20)14-5-3-9(11(15)16)10(7-14)12(17)18/h2,4,6,9-10H,3,5,7H2,1H3,(H,15,16)(H,17,18). The number of aryl methyl sites for hydroxylation is 1. The van der Waals surface area contributed by atoms with Gasteiger partial charge in [0.25, 0.3) is 0 Å². The molecule has 8 nitrogen and oxygen atoms in total. The average Bonchev–Trinajstić information content (AvgIpc) is 2.85. The first-order valence-electron chi connectivity index (χ1n) is 6.31. The number of carboxylic acids is 2. The number of sulfonamides is 1. The molecule has 1 aromatic rings. The van der Waals surface area contributed by atoms with Crippen LogP contribution in [0, 0.1) is 11.8 Å². The fourth-order valence-electron chi connectivity index (χ4n) is 2.47. The van der Waals surface area contributed by atoms with Gasteiger partial charge in [0.2, 0.25) is 10.0 Å². The minimum atomic E-state index is -3.80. The summed E-state index contributed by atoms with van der Waals surface area (Å²) in [5.41, 5.74) is 0. The third kappa shape index (κ3) is 2.93. The summed E-state index contributed by atoms with van der Waals surface area (Å²) in [5.74, 6) is -4.81. The Labute approximate surface area is 121 Å². The van der Waals surface area contributed by atoms with Crippen LogP contribution in [-0.2, 0) is 26.7 Å². The molecule has 2 rings (SSSR count). The summed E-state index contributed by atoms with van der Waals surface area (Å²) in [6, 6.07) is 1.42. The Morgan fingerprint density at radius 2 is 1.86 bits per heavy atom. The van der Waals surface area contributed by atoms with Crippen LogP contribution in [0.1, 0.15) is 6.42 Å². The Morgan fingerprint density at radius 1 is 1.24 bits per heavy atom. The number of aliphatic carboxylic acids is 2. The summed E-state index contributed by atoms with van der Waals surface area (Å²) >= 11 is 0.